The van der Waals surface area contributed by atoms with Gasteiger partial charge in [-0.05, 0) is 43.7 Å². The first-order valence-electron chi connectivity index (χ1n) is 13.8. The number of amides is 1. The maximum atomic E-state index is 13.7. The van der Waals surface area contributed by atoms with Crippen LogP contribution in [-0.2, 0) is 33.3 Å². The highest BCUT2D eigenvalue weighted by molar-refractivity contribution is 7.99. The van der Waals surface area contributed by atoms with Gasteiger partial charge in [0.25, 0.3) is 5.91 Å². The quantitative estimate of drug-likeness (QED) is 0.246. The first-order valence-corrected chi connectivity index (χ1v) is 15.0. The van der Waals surface area contributed by atoms with Crippen LogP contribution in [0.5, 0.6) is 0 Å². The molecule has 1 aliphatic heterocycles. The van der Waals surface area contributed by atoms with Crippen LogP contribution in [0.3, 0.4) is 0 Å². The molecule has 1 aromatic heterocycles. The van der Waals surface area contributed by atoms with Crippen LogP contribution in [0.25, 0.3) is 11.1 Å². The van der Waals surface area contributed by atoms with E-state index in [0.29, 0.717) is 27.5 Å². The van der Waals surface area contributed by atoms with E-state index in [4.69, 9.17) is 30.5 Å². The Morgan fingerprint density at radius 2 is 1.53 bits per heavy atom. The summed E-state index contributed by atoms with van der Waals surface area (Å²) in [5.74, 6) is -2.53. The first kappa shape index (κ1) is 33.5. The average molecular weight is 652 g/mol. The summed E-state index contributed by atoms with van der Waals surface area (Å²) in [7, 11) is 0. The van der Waals surface area contributed by atoms with E-state index in [2.05, 4.69) is 16.4 Å². The van der Waals surface area contributed by atoms with E-state index in [1.165, 1.54) is 20.8 Å². The van der Waals surface area contributed by atoms with Gasteiger partial charge in [0, 0.05) is 37.0 Å². The molecular formula is C32H30ClN3O8S. The largest absolute Gasteiger partial charge is 0.456 e. The third kappa shape index (κ3) is 8.19. The van der Waals surface area contributed by atoms with E-state index in [-0.39, 0.29) is 22.8 Å². The number of hydrogen-bond donors (Lipinski definition) is 1. The van der Waals surface area contributed by atoms with E-state index in [1.54, 1.807) is 43.3 Å². The number of hydrogen-bond acceptors (Lipinski definition) is 11. The van der Waals surface area contributed by atoms with Crippen LogP contribution < -0.4 is 5.32 Å². The highest BCUT2D eigenvalue weighted by Crippen LogP contribution is 2.40. The van der Waals surface area contributed by atoms with Gasteiger partial charge in [-0.3, -0.25) is 19.2 Å². The summed E-state index contributed by atoms with van der Waals surface area (Å²) in [6.07, 6.45) is -3.51. The fourth-order valence-electron chi connectivity index (χ4n) is 4.80. The lowest BCUT2D eigenvalue weighted by Gasteiger charge is -2.40. The number of anilines is 1. The van der Waals surface area contributed by atoms with Crippen molar-refractivity contribution in [3.05, 3.63) is 75.9 Å². The highest BCUT2D eigenvalue weighted by atomic mass is 35.5. The van der Waals surface area contributed by atoms with Crippen molar-refractivity contribution in [3.8, 4) is 17.2 Å². The van der Waals surface area contributed by atoms with E-state index in [0.717, 1.165) is 17.3 Å². The second-order valence-electron chi connectivity index (χ2n) is 10.2. The Balaban J connectivity index is 1.82. The summed E-state index contributed by atoms with van der Waals surface area (Å²) in [6.45, 7) is 6.90. The van der Waals surface area contributed by atoms with Crippen molar-refractivity contribution >= 4 is 52.9 Å². The molecule has 4 atom stereocenters. The van der Waals surface area contributed by atoms with Crippen LogP contribution in [0.2, 0.25) is 5.02 Å². The van der Waals surface area contributed by atoms with Gasteiger partial charge >= 0.3 is 17.9 Å². The topological polar surface area (TPSA) is 154 Å². The van der Waals surface area contributed by atoms with Crippen molar-refractivity contribution in [2.24, 2.45) is 0 Å². The lowest BCUT2D eigenvalue weighted by Crippen LogP contribution is -2.56. The summed E-state index contributed by atoms with van der Waals surface area (Å²) in [5.41, 5.74) is 1.91. The average Bonchev–Trinajstić information content (AvgIpc) is 2.96. The van der Waals surface area contributed by atoms with E-state index in [9.17, 15) is 24.4 Å². The normalized spacial score (nSPS) is 19.1. The molecule has 234 valence electrons. The number of nitriles is 1. The van der Waals surface area contributed by atoms with E-state index < -0.39 is 47.6 Å². The molecule has 1 N–H and O–H groups in total. The summed E-state index contributed by atoms with van der Waals surface area (Å²) < 4.78 is 22.2. The van der Waals surface area contributed by atoms with Crippen molar-refractivity contribution in [3.63, 3.8) is 0 Å². The van der Waals surface area contributed by atoms with Gasteiger partial charge in [0.1, 0.15) is 16.5 Å². The standard InChI is InChI=1S/C32H30ClN3O8S/c1-16-6-12-23(13-7-16)36-30(40)26-17(2)35-31(24(14-34)27(26)21-8-10-22(33)11-9-21)45-32-29(44-20(5)39)28(43-19(4)38)25(15-41-32)42-18(3)37/h6-13,25,28-29,32H,15H2,1-5H3,(H,36,40)/t25-,28+,29-,32+/m1/s1. The molecule has 1 amide bonds. The minimum absolute atomic E-state index is 0.0540. The number of benzene rings is 2. The van der Waals surface area contributed by atoms with Crippen molar-refractivity contribution in [1.82, 2.24) is 4.98 Å². The fraction of sp³-hybridized carbons (Fsp3) is 0.312. The summed E-state index contributed by atoms with van der Waals surface area (Å²) >= 11 is 7.10. The molecule has 4 rings (SSSR count). The SMILES string of the molecule is CC(=O)O[C@@H]1[C@@H](OC(C)=O)[C@H](Sc2nc(C)c(C(=O)Nc3ccc(C)cc3)c(-c3ccc(Cl)cc3)c2C#N)OC[C@H]1OC(C)=O. The first-order chi connectivity index (χ1) is 21.4. The van der Waals surface area contributed by atoms with E-state index in [1.807, 2.05) is 19.1 Å². The number of aromatic nitrogens is 1. The Labute approximate surface area is 269 Å². The lowest BCUT2D eigenvalue weighted by atomic mass is 9.94. The third-order valence-electron chi connectivity index (χ3n) is 6.66. The number of rotatable bonds is 8. The zero-order valence-corrected chi connectivity index (χ0v) is 26.7. The van der Waals surface area contributed by atoms with Crippen LogP contribution in [0.1, 0.15) is 48.0 Å². The molecule has 0 saturated carbocycles. The molecule has 2 aromatic carbocycles. The van der Waals surface area contributed by atoms with Crippen molar-refractivity contribution in [2.75, 3.05) is 11.9 Å². The minimum atomic E-state index is -1.24. The second-order valence-corrected chi connectivity index (χ2v) is 11.7. The van der Waals surface area contributed by atoms with Gasteiger partial charge in [0.15, 0.2) is 18.3 Å². The molecule has 0 bridgehead atoms. The van der Waals surface area contributed by atoms with Crippen LogP contribution in [0, 0.1) is 25.2 Å². The molecule has 0 spiro atoms. The summed E-state index contributed by atoms with van der Waals surface area (Å²) in [5, 5.41) is 14.0. The Hall–Kier alpha value is -4.44. The molecule has 0 radical (unpaired) electrons. The van der Waals surface area contributed by atoms with Gasteiger partial charge in [0.2, 0.25) is 0 Å². The smallest absolute Gasteiger partial charge is 0.303 e. The Bertz CT molecular complexity index is 1660. The molecule has 1 saturated heterocycles. The zero-order chi connectivity index (χ0) is 32.8. The maximum absolute atomic E-state index is 13.7. The number of ether oxygens (including phenoxy) is 4. The summed E-state index contributed by atoms with van der Waals surface area (Å²) in [4.78, 5) is 54.3. The number of nitrogens with one attached hydrogen (secondary N) is 1. The molecule has 45 heavy (non-hydrogen) atoms. The Morgan fingerprint density at radius 3 is 2.11 bits per heavy atom. The monoisotopic (exact) mass is 651 g/mol. The van der Waals surface area contributed by atoms with Gasteiger partial charge < -0.3 is 24.3 Å². The molecule has 2 heterocycles. The van der Waals surface area contributed by atoms with Crippen molar-refractivity contribution in [2.45, 2.75) is 63.4 Å². The minimum Gasteiger partial charge on any atom is -0.456 e. The van der Waals surface area contributed by atoms with Crippen molar-refractivity contribution < 1.29 is 38.1 Å². The van der Waals surface area contributed by atoms with Crippen molar-refractivity contribution in [1.29, 1.82) is 5.26 Å². The van der Waals surface area contributed by atoms with Crippen LogP contribution >= 0.6 is 23.4 Å². The van der Waals surface area contributed by atoms with Crippen LogP contribution in [0.4, 0.5) is 5.69 Å². The predicted octanol–water partition coefficient (Wildman–Crippen LogP) is 5.39. The molecule has 0 unspecified atom stereocenters. The van der Waals surface area contributed by atoms with Gasteiger partial charge in [-0.15, -0.1) is 0 Å². The van der Waals surface area contributed by atoms with Crippen LogP contribution in [-0.4, -0.2) is 59.2 Å². The zero-order valence-electron chi connectivity index (χ0n) is 25.1. The molecule has 1 aliphatic rings. The lowest BCUT2D eigenvalue weighted by molar-refractivity contribution is -0.213. The van der Waals surface area contributed by atoms with Gasteiger partial charge in [-0.1, -0.05) is 53.2 Å². The molecule has 3 aromatic rings. The van der Waals surface area contributed by atoms with E-state index >= 15 is 0 Å². The number of esters is 3. The summed E-state index contributed by atoms with van der Waals surface area (Å²) in [6, 6.07) is 16.1. The second kappa shape index (κ2) is 14.6. The number of pyridine rings is 1. The van der Waals surface area contributed by atoms with Crippen LogP contribution in [0.15, 0.2) is 53.6 Å². The number of aryl methyl sites for hydroxylation is 2. The molecule has 1 fully saturated rings. The van der Waals surface area contributed by atoms with Gasteiger partial charge in [-0.2, -0.15) is 5.26 Å². The highest BCUT2D eigenvalue weighted by Gasteiger charge is 2.47. The molecule has 13 heteroatoms. The fourth-order valence-corrected chi connectivity index (χ4v) is 6.09. The number of carbonyl (C=O) groups excluding carboxylic acids is 4. The number of nitrogens with zero attached hydrogens (tertiary/aromatic N) is 2. The maximum Gasteiger partial charge on any atom is 0.303 e. The number of thioether (sulfide) groups is 1. The predicted molar refractivity (Wildman–Crippen MR) is 166 cm³/mol. The van der Waals surface area contributed by atoms with Gasteiger partial charge in [-0.25, -0.2) is 4.98 Å². The Morgan fingerprint density at radius 1 is 0.933 bits per heavy atom. The number of carbonyl (C=O) groups is 4. The third-order valence-corrected chi connectivity index (χ3v) is 8.07. The van der Waals surface area contributed by atoms with Gasteiger partial charge in [0.05, 0.1) is 23.4 Å². The number of halogens is 1. The molecule has 0 aliphatic carbocycles. The molecule has 11 nitrogen and oxygen atoms in total. The molecular weight excluding hydrogens is 622 g/mol. The Kier molecular flexibility index (Phi) is 10.8.